The lowest BCUT2D eigenvalue weighted by molar-refractivity contribution is -0.139. The molecule has 1 rings (SSSR count). The lowest BCUT2D eigenvalue weighted by Gasteiger charge is -2.19. The van der Waals surface area contributed by atoms with Gasteiger partial charge in [-0.05, 0) is 32.0 Å². The third-order valence-corrected chi connectivity index (χ3v) is 2.39. The van der Waals surface area contributed by atoms with Crippen LogP contribution in [0.3, 0.4) is 0 Å². The summed E-state index contributed by atoms with van der Waals surface area (Å²) in [6.45, 7) is 3.12. The van der Waals surface area contributed by atoms with Gasteiger partial charge in [0.15, 0.2) is 0 Å². The molecule has 2 nitrogen and oxygen atoms in total. The standard InChI is InChI=1S/C11H13F4NO/c1-6(7(2)17)16-8-3-4-10(12)9(5-8)11(13,14)15/h3-7,16-17H,1-2H3. The lowest BCUT2D eigenvalue weighted by Crippen LogP contribution is -2.28. The van der Waals surface area contributed by atoms with Crippen molar-refractivity contribution in [1.82, 2.24) is 0 Å². The summed E-state index contributed by atoms with van der Waals surface area (Å²) in [5.74, 6) is -1.31. The Morgan fingerprint density at radius 2 is 1.82 bits per heavy atom. The molecule has 0 bridgehead atoms. The van der Waals surface area contributed by atoms with Gasteiger partial charge >= 0.3 is 6.18 Å². The molecule has 0 amide bonds. The molecule has 6 heteroatoms. The maximum Gasteiger partial charge on any atom is 0.419 e. The van der Waals surface area contributed by atoms with Gasteiger partial charge in [-0.25, -0.2) is 4.39 Å². The SMILES string of the molecule is CC(O)C(C)Nc1ccc(F)c(C(F)(F)F)c1. The summed E-state index contributed by atoms with van der Waals surface area (Å²) in [5.41, 5.74) is -1.20. The number of benzene rings is 1. The zero-order chi connectivity index (χ0) is 13.2. The first-order chi connectivity index (χ1) is 7.71. The first-order valence-corrected chi connectivity index (χ1v) is 5.03. The maximum atomic E-state index is 13.0. The fourth-order valence-electron chi connectivity index (χ4n) is 1.22. The maximum absolute atomic E-state index is 13.0. The van der Waals surface area contributed by atoms with E-state index in [0.717, 1.165) is 6.07 Å². The molecule has 1 aromatic carbocycles. The van der Waals surface area contributed by atoms with Crippen molar-refractivity contribution in [2.45, 2.75) is 32.2 Å². The summed E-state index contributed by atoms with van der Waals surface area (Å²) in [5, 5.41) is 11.9. The van der Waals surface area contributed by atoms with E-state index < -0.39 is 29.7 Å². The predicted octanol–water partition coefficient (Wildman–Crippen LogP) is 3.03. The van der Waals surface area contributed by atoms with Gasteiger partial charge < -0.3 is 10.4 Å². The number of halogens is 4. The smallest absolute Gasteiger partial charge is 0.391 e. The van der Waals surface area contributed by atoms with Crippen molar-refractivity contribution in [3.63, 3.8) is 0 Å². The number of rotatable bonds is 3. The number of aliphatic hydroxyl groups is 1. The molecule has 0 saturated carbocycles. The lowest BCUT2D eigenvalue weighted by atomic mass is 10.1. The van der Waals surface area contributed by atoms with E-state index in [1.165, 1.54) is 13.0 Å². The fourth-order valence-corrected chi connectivity index (χ4v) is 1.22. The summed E-state index contributed by atoms with van der Waals surface area (Å²) < 4.78 is 50.2. The summed E-state index contributed by atoms with van der Waals surface area (Å²) in [6.07, 6.45) is -5.45. The second-order valence-electron chi connectivity index (χ2n) is 3.87. The van der Waals surface area contributed by atoms with Gasteiger partial charge in [0.05, 0.1) is 11.7 Å². The highest BCUT2D eigenvalue weighted by atomic mass is 19.4. The average molecular weight is 251 g/mol. The summed E-state index contributed by atoms with van der Waals surface area (Å²) in [4.78, 5) is 0. The van der Waals surface area contributed by atoms with Crippen LogP contribution in [0, 0.1) is 5.82 Å². The largest absolute Gasteiger partial charge is 0.419 e. The topological polar surface area (TPSA) is 32.3 Å². The van der Waals surface area contributed by atoms with Crippen molar-refractivity contribution in [2.75, 3.05) is 5.32 Å². The van der Waals surface area contributed by atoms with Crippen LogP contribution in [0.5, 0.6) is 0 Å². The average Bonchev–Trinajstić information content (AvgIpc) is 2.19. The van der Waals surface area contributed by atoms with E-state index in [1.807, 2.05) is 0 Å². The Morgan fingerprint density at radius 3 is 2.29 bits per heavy atom. The van der Waals surface area contributed by atoms with Gasteiger partial charge in [0.25, 0.3) is 0 Å². The molecular formula is C11H13F4NO. The third kappa shape index (κ3) is 3.59. The van der Waals surface area contributed by atoms with E-state index in [9.17, 15) is 22.7 Å². The van der Waals surface area contributed by atoms with E-state index in [2.05, 4.69) is 5.32 Å². The van der Waals surface area contributed by atoms with Crippen LogP contribution in [0.15, 0.2) is 18.2 Å². The molecule has 0 heterocycles. The number of anilines is 1. The van der Waals surface area contributed by atoms with Crippen LogP contribution in [0.4, 0.5) is 23.2 Å². The second-order valence-corrected chi connectivity index (χ2v) is 3.87. The van der Waals surface area contributed by atoms with Gasteiger partial charge in [0.2, 0.25) is 0 Å². The molecular weight excluding hydrogens is 238 g/mol. The summed E-state index contributed by atoms with van der Waals surface area (Å²) in [6, 6.07) is 2.21. The molecule has 1 aromatic rings. The Balaban J connectivity index is 2.97. The Kier molecular flexibility index (Phi) is 3.98. The molecule has 0 aliphatic carbocycles. The fraction of sp³-hybridized carbons (Fsp3) is 0.455. The molecule has 0 aliphatic heterocycles. The van der Waals surface area contributed by atoms with Crippen LogP contribution < -0.4 is 5.32 Å². The van der Waals surface area contributed by atoms with Crippen molar-refractivity contribution in [3.05, 3.63) is 29.6 Å². The van der Waals surface area contributed by atoms with Crippen molar-refractivity contribution >= 4 is 5.69 Å². The molecule has 17 heavy (non-hydrogen) atoms. The van der Waals surface area contributed by atoms with E-state index in [0.29, 0.717) is 6.07 Å². The van der Waals surface area contributed by atoms with Crippen LogP contribution in [0.25, 0.3) is 0 Å². The third-order valence-electron chi connectivity index (χ3n) is 2.39. The van der Waals surface area contributed by atoms with E-state index >= 15 is 0 Å². The first-order valence-electron chi connectivity index (χ1n) is 5.03. The van der Waals surface area contributed by atoms with Crippen molar-refractivity contribution in [3.8, 4) is 0 Å². The van der Waals surface area contributed by atoms with E-state index in [1.54, 1.807) is 6.92 Å². The number of hydrogen-bond acceptors (Lipinski definition) is 2. The van der Waals surface area contributed by atoms with Gasteiger partial charge in [-0.2, -0.15) is 13.2 Å². The Labute approximate surface area is 96.3 Å². The zero-order valence-corrected chi connectivity index (χ0v) is 9.35. The molecule has 96 valence electrons. The van der Waals surface area contributed by atoms with Gasteiger partial charge in [-0.1, -0.05) is 0 Å². The Morgan fingerprint density at radius 1 is 1.24 bits per heavy atom. The number of hydrogen-bond donors (Lipinski definition) is 2. The molecule has 2 atom stereocenters. The van der Waals surface area contributed by atoms with Crippen LogP contribution in [-0.2, 0) is 6.18 Å². The van der Waals surface area contributed by atoms with Gasteiger partial charge in [0.1, 0.15) is 5.82 Å². The van der Waals surface area contributed by atoms with Crippen LogP contribution in [0.1, 0.15) is 19.4 Å². The normalized spacial score (nSPS) is 15.5. The molecule has 0 aromatic heterocycles. The molecule has 0 spiro atoms. The summed E-state index contributed by atoms with van der Waals surface area (Å²) in [7, 11) is 0. The van der Waals surface area contributed by atoms with Crippen molar-refractivity contribution < 1.29 is 22.7 Å². The minimum Gasteiger partial charge on any atom is -0.391 e. The highest BCUT2D eigenvalue weighted by Gasteiger charge is 2.34. The summed E-state index contributed by atoms with van der Waals surface area (Å²) >= 11 is 0. The Bertz CT molecular complexity index is 390. The van der Waals surface area contributed by atoms with E-state index in [4.69, 9.17) is 0 Å². The van der Waals surface area contributed by atoms with Gasteiger partial charge in [-0.15, -0.1) is 0 Å². The quantitative estimate of drug-likeness (QED) is 0.809. The zero-order valence-electron chi connectivity index (χ0n) is 9.35. The minimum absolute atomic E-state index is 0.118. The second kappa shape index (κ2) is 4.91. The van der Waals surface area contributed by atoms with Gasteiger partial charge in [0, 0.05) is 11.7 Å². The van der Waals surface area contributed by atoms with Crippen LogP contribution in [-0.4, -0.2) is 17.3 Å². The van der Waals surface area contributed by atoms with Crippen LogP contribution in [0.2, 0.25) is 0 Å². The number of alkyl halides is 3. The van der Waals surface area contributed by atoms with Crippen molar-refractivity contribution in [2.24, 2.45) is 0 Å². The van der Waals surface area contributed by atoms with E-state index in [-0.39, 0.29) is 5.69 Å². The highest BCUT2D eigenvalue weighted by molar-refractivity contribution is 5.47. The predicted molar refractivity (Wildman–Crippen MR) is 56.2 cm³/mol. The monoisotopic (exact) mass is 251 g/mol. The van der Waals surface area contributed by atoms with Crippen molar-refractivity contribution in [1.29, 1.82) is 0 Å². The Hall–Kier alpha value is -1.30. The number of aliphatic hydroxyl groups excluding tert-OH is 1. The highest BCUT2D eigenvalue weighted by Crippen LogP contribution is 2.33. The molecule has 0 radical (unpaired) electrons. The first kappa shape index (κ1) is 13.8. The minimum atomic E-state index is -4.73. The molecule has 0 saturated heterocycles. The molecule has 2 unspecified atom stereocenters. The molecule has 0 fully saturated rings. The molecule has 0 aliphatic rings. The van der Waals surface area contributed by atoms with Crippen LogP contribution >= 0.6 is 0 Å². The number of nitrogens with one attached hydrogen (secondary N) is 1. The molecule has 2 N–H and O–H groups in total. The van der Waals surface area contributed by atoms with Gasteiger partial charge in [-0.3, -0.25) is 0 Å².